The van der Waals surface area contributed by atoms with Crippen molar-refractivity contribution in [3.8, 4) is 11.3 Å². The van der Waals surface area contributed by atoms with Crippen molar-refractivity contribution < 1.29 is 4.57 Å². The SMILES string of the molecule is Cc1ccccc1-c1cc2ccc(C3CCCC3)cc2c[n+]1C. The van der Waals surface area contributed by atoms with Gasteiger partial charge in [-0.25, -0.2) is 4.57 Å². The van der Waals surface area contributed by atoms with E-state index in [4.69, 9.17) is 0 Å². The Morgan fingerprint density at radius 1 is 0.913 bits per heavy atom. The first-order valence-corrected chi connectivity index (χ1v) is 8.72. The number of pyridine rings is 1. The normalized spacial score (nSPS) is 15.4. The predicted octanol–water partition coefficient (Wildman–Crippen LogP) is 5.30. The van der Waals surface area contributed by atoms with Crippen LogP contribution in [0, 0.1) is 6.92 Å². The zero-order chi connectivity index (χ0) is 15.8. The van der Waals surface area contributed by atoms with E-state index in [1.54, 1.807) is 0 Å². The first-order valence-electron chi connectivity index (χ1n) is 8.72. The highest BCUT2D eigenvalue weighted by Gasteiger charge is 2.19. The molecule has 0 saturated heterocycles. The molecule has 0 unspecified atom stereocenters. The monoisotopic (exact) mass is 302 g/mol. The van der Waals surface area contributed by atoms with Crippen molar-refractivity contribution >= 4 is 10.8 Å². The molecule has 0 atom stereocenters. The van der Waals surface area contributed by atoms with E-state index in [0.717, 1.165) is 5.92 Å². The van der Waals surface area contributed by atoms with Gasteiger partial charge >= 0.3 is 0 Å². The molecule has 2 aromatic carbocycles. The van der Waals surface area contributed by atoms with Crippen molar-refractivity contribution in [2.45, 2.75) is 38.5 Å². The number of nitrogens with zero attached hydrogens (tertiary/aromatic N) is 1. The highest BCUT2D eigenvalue weighted by atomic mass is 14.9. The zero-order valence-electron chi connectivity index (χ0n) is 14.0. The molecule has 116 valence electrons. The van der Waals surface area contributed by atoms with E-state index in [2.05, 4.69) is 73.3 Å². The molecule has 1 aliphatic rings. The van der Waals surface area contributed by atoms with E-state index in [1.807, 2.05) is 0 Å². The van der Waals surface area contributed by atoms with E-state index in [-0.39, 0.29) is 0 Å². The quantitative estimate of drug-likeness (QED) is 0.566. The highest BCUT2D eigenvalue weighted by Crippen LogP contribution is 2.35. The Kier molecular flexibility index (Phi) is 3.65. The molecule has 0 spiro atoms. The number of fused-ring (bicyclic) bond motifs is 1. The molecule has 1 saturated carbocycles. The van der Waals surface area contributed by atoms with Gasteiger partial charge in [0.15, 0.2) is 6.20 Å². The standard InChI is InChI=1S/C22H24N/c1-16-7-3-6-10-21(16)22-14-19-12-11-18(17-8-4-5-9-17)13-20(19)15-23(22)2/h3,6-7,10-15,17H,4-5,8-9H2,1-2H3/q+1. The molecule has 0 radical (unpaired) electrons. The fraction of sp³-hybridized carbons (Fsp3) is 0.318. The average molecular weight is 302 g/mol. The smallest absolute Gasteiger partial charge is 0.200 e. The van der Waals surface area contributed by atoms with E-state index in [9.17, 15) is 0 Å². The van der Waals surface area contributed by atoms with Gasteiger partial charge in [0.05, 0.1) is 0 Å². The van der Waals surface area contributed by atoms with Crippen LogP contribution in [0.25, 0.3) is 22.0 Å². The molecule has 1 aromatic heterocycles. The van der Waals surface area contributed by atoms with Crippen LogP contribution >= 0.6 is 0 Å². The van der Waals surface area contributed by atoms with Gasteiger partial charge < -0.3 is 0 Å². The molecular formula is C22H24N+. The number of aryl methyl sites for hydroxylation is 2. The van der Waals surface area contributed by atoms with Gasteiger partial charge in [0.25, 0.3) is 0 Å². The van der Waals surface area contributed by atoms with E-state index in [0.29, 0.717) is 0 Å². The summed E-state index contributed by atoms with van der Waals surface area (Å²) in [5.41, 5.74) is 5.45. The second-order valence-electron chi connectivity index (χ2n) is 6.95. The highest BCUT2D eigenvalue weighted by molar-refractivity contribution is 5.84. The van der Waals surface area contributed by atoms with Crippen LogP contribution in [0.3, 0.4) is 0 Å². The molecule has 1 nitrogen and oxygen atoms in total. The van der Waals surface area contributed by atoms with Gasteiger partial charge in [-0.1, -0.05) is 43.2 Å². The minimum Gasteiger partial charge on any atom is -0.200 e. The van der Waals surface area contributed by atoms with Gasteiger partial charge in [-0.05, 0) is 54.3 Å². The van der Waals surface area contributed by atoms with E-state index < -0.39 is 0 Å². The summed E-state index contributed by atoms with van der Waals surface area (Å²) in [6.45, 7) is 2.18. The summed E-state index contributed by atoms with van der Waals surface area (Å²) in [6.07, 6.45) is 7.79. The minimum absolute atomic E-state index is 0.778. The molecule has 1 fully saturated rings. The molecule has 1 heterocycles. The lowest BCUT2D eigenvalue weighted by Crippen LogP contribution is -2.30. The largest absolute Gasteiger partial charge is 0.213 e. The number of hydrogen-bond acceptors (Lipinski definition) is 0. The predicted molar refractivity (Wildman–Crippen MR) is 96.5 cm³/mol. The average Bonchev–Trinajstić information content (AvgIpc) is 3.09. The minimum atomic E-state index is 0.778. The first-order chi connectivity index (χ1) is 11.2. The van der Waals surface area contributed by atoms with Gasteiger partial charge in [-0.3, -0.25) is 0 Å². The van der Waals surface area contributed by atoms with Gasteiger partial charge in [-0.15, -0.1) is 0 Å². The summed E-state index contributed by atoms with van der Waals surface area (Å²) in [5.74, 6) is 0.778. The Balaban J connectivity index is 1.82. The second-order valence-corrected chi connectivity index (χ2v) is 6.95. The van der Waals surface area contributed by atoms with E-state index >= 15 is 0 Å². The van der Waals surface area contributed by atoms with E-state index in [1.165, 1.54) is 58.8 Å². The summed E-state index contributed by atoms with van der Waals surface area (Å²) in [6, 6.07) is 18.0. The maximum atomic E-state index is 2.41. The summed E-state index contributed by atoms with van der Waals surface area (Å²) < 4.78 is 2.27. The topological polar surface area (TPSA) is 3.88 Å². The van der Waals surface area contributed by atoms with Crippen LogP contribution in [-0.2, 0) is 7.05 Å². The molecule has 3 aromatic rings. The fourth-order valence-corrected chi connectivity index (χ4v) is 4.00. The van der Waals surface area contributed by atoms with Crippen LogP contribution in [0.4, 0.5) is 0 Å². The lowest BCUT2D eigenvalue weighted by Gasteiger charge is -2.11. The Hall–Kier alpha value is -2.15. The zero-order valence-corrected chi connectivity index (χ0v) is 14.0. The van der Waals surface area contributed by atoms with Crippen molar-refractivity contribution in [2.24, 2.45) is 7.05 Å². The van der Waals surface area contributed by atoms with Gasteiger partial charge in [0, 0.05) is 17.0 Å². The van der Waals surface area contributed by atoms with Gasteiger partial charge in [0.2, 0.25) is 5.69 Å². The van der Waals surface area contributed by atoms with Crippen molar-refractivity contribution in [1.82, 2.24) is 0 Å². The Morgan fingerprint density at radius 2 is 1.70 bits per heavy atom. The Morgan fingerprint density at radius 3 is 2.48 bits per heavy atom. The molecule has 0 aliphatic heterocycles. The summed E-state index contributed by atoms with van der Waals surface area (Å²) >= 11 is 0. The lowest BCUT2D eigenvalue weighted by atomic mass is 9.95. The van der Waals surface area contributed by atoms with Crippen LogP contribution in [0.5, 0.6) is 0 Å². The maximum absolute atomic E-state index is 2.41. The van der Waals surface area contributed by atoms with Crippen LogP contribution in [0.2, 0.25) is 0 Å². The van der Waals surface area contributed by atoms with Crippen molar-refractivity contribution in [1.29, 1.82) is 0 Å². The maximum Gasteiger partial charge on any atom is 0.213 e. The summed E-state index contributed by atoms with van der Waals surface area (Å²) in [4.78, 5) is 0. The fourth-order valence-electron chi connectivity index (χ4n) is 4.00. The molecule has 4 rings (SSSR count). The molecule has 0 amide bonds. The lowest BCUT2D eigenvalue weighted by molar-refractivity contribution is -0.659. The third-order valence-corrected chi connectivity index (χ3v) is 5.36. The van der Waals surface area contributed by atoms with Crippen LogP contribution in [0.1, 0.15) is 42.7 Å². The van der Waals surface area contributed by atoms with Crippen molar-refractivity contribution in [3.05, 3.63) is 65.9 Å². The second kappa shape index (κ2) is 5.81. The summed E-state index contributed by atoms with van der Waals surface area (Å²) in [7, 11) is 2.16. The molecule has 23 heavy (non-hydrogen) atoms. The van der Waals surface area contributed by atoms with Crippen LogP contribution in [-0.4, -0.2) is 0 Å². The van der Waals surface area contributed by atoms with Gasteiger partial charge in [0.1, 0.15) is 7.05 Å². The first kappa shape index (κ1) is 14.4. The summed E-state index contributed by atoms with van der Waals surface area (Å²) in [5, 5.41) is 2.69. The molecule has 1 heteroatoms. The Labute approximate surface area is 138 Å². The molecular weight excluding hydrogens is 278 g/mol. The number of hydrogen-bond donors (Lipinski definition) is 0. The third kappa shape index (κ3) is 2.65. The molecule has 1 aliphatic carbocycles. The molecule has 0 N–H and O–H groups in total. The van der Waals surface area contributed by atoms with Crippen LogP contribution in [0.15, 0.2) is 54.7 Å². The van der Waals surface area contributed by atoms with Gasteiger partial charge in [-0.2, -0.15) is 0 Å². The molecule has 0 bridgehead atoms. The van der Waals surface area contributed by atoms with Crippen molar-refractivity contribution in [3.63, 3.8) is 0 Å². The third-order valence-electron chi connectivity index (χ3n) is 5.36. The van der Waals surface area contributed by atoms with Crippen LogP contribution < -0.4 is 4.57 Å². The van der Waals surface area contributed by atoms with Crippen molar-refractivity contribution in [2.75, 3.05) is 0 Å². The Bertz CT molecular complexity index is 857. The number of rotatable bonds is 2. The number of aromatic nitrogens is 1. The number of benzene rings is 2.